The van der Waals surface area contributed by atoms with Crippen LogP contribution in [0.1, 0.15) is 39.3 Å². The molecule has 1 aliphatic rings. The van der Waals surface area contributed by atoms with Gasteiger partial charge in [0.2, 0.25) is 0 Å². The normalized spacial score (nSPS) is 19.8. The molecule has 2 rings (SSSR count). The van der Waals surface area contributed by atoms with Crippen molar-refractivity contribution in [2.75, 3.05) is 26.2 Å². The molecule has 0 spiro atoms. The Kier molecular flexibility index (Phi) is 5.47. The van der Waals surface area contributed by atoms with Crippen molar-refractivity contribution in [3.8, 4) is 0 Å². The van der Waals surface area contributed by atoms with Crippen molar-refractivity contribution < 1.29 is 9.53 Å². The summed E-state index contributed by atoms with van der Waals surface area (Å²) in [4.78, 5) is 16.3. The second-order valence-electron chi connectivity index (χ2n) is 6.86. The Morgan fingerprint density at radius 2 is 1.95 bits per heavy atom. The van der Waals surface area contributed by atoms with Crippen LogP contribution in [0.4, 0.5) is 4.79 Å². The van der Waals surface area contributed by atoms with Crippen LogP contribution in [0.25, 0.3) is 0 Å². The quantitative estimate of drug-likeness (QED) is 0.928. The zero-order valence-corrected chi connectivity index (χ0v) is 14.7. The van der Waals surface area contributed by atoms with Crippen molar-refractivity contribution in [3.63, 3.8) is 0 Å². The topological polar surface area (TPSA) is 58.8 Å². The number of nitrogens with zero attached hydrogens (tertiary/aromatic N) is 2. The first-order chi connectivity index (χ1) is 10.3. The highest BCUT2D eigenvalue weighted by molar-refractivity contribution is 7.07. The van der Waals surface area contributed by atoms with Gasteiger partial charge in [-0.3, -0.25) is 4.90 Å². The minimum atomic E-state index is -0.445. The lowest BCUT2D eigenvalue weighted by molar-refractivity contribution is 0.00916. The van der Waals surface area contributed by atoms with Crippen LogP contribution in [0.5, 0.6) is 0 Å². The largest absolute Gasteiger partial charge is 0.444 e. The third-order valence-corrected chi connectivity index (χ3v) is 4.44. The van der Waals surface area contributed by atoms with E-state index in [1.54, 1.807) is 16.2 Å². The van der Waals surface area contributed by atoms with Gasteiger partial charge in [0.15, 0.2) is 0 Å². The van der Waals surface area contributed by atoms with Crippen LogP contribution < -0.4 is 5.73 Å². The molecule has 0 bridgehead atoms. The summed E-state index contributed by atoms with van der Waals surface area (Å²) >= 11 is 1.69. The number of hydrogen-bond donors (Lipinski definition) is 1. The number of piperazine rings is 1. The van der Waals surface area contributed by atoms with Gasteiger partial charge in [-0.1, -0.05) is 0 Å². The van der Waals surface area contributed by atoms with Gasteiger partial charge < -0.3 is 15.4 Å². The van der Waals surface area contributed by atoms with Crippen LogP contribution in [0.2, 0.25) is 0 Å². The predicted molar refractivity (Wildman–Crippen MR) is 90.1 cm³/mol. The fraction of sp³-hybridized carbons (Fsp3) is 0.688. The van der Waals surface area contributed by atoms with Crippen LogP contribution in [-0.4, -0.2) is 53.7 Å². The molecule has 2 heterocycles. The lowest BCUT2D eigenvalue weighted by atomic mass is 10.0. The molecule has 1 saturated heterocycles. The molecule has 0 aromatic carbocycles. The zero-order valence-electron chi connectivity index (χ0n) is 13.9. The van der Waals surface area contributed by atoms with Crippen molar-refractivity contribution >= 4 is 17.4 Å². The Balaban J connectivity index is 1.95. The Morgan fingerprint density at radius 1 is 1.32 bits per heavy atom. The number of thiophene rings is 1. The van der Waals surface area contributed by atoms with Gasteiger partial charge in [-0.15, -0.1) is 0 Å². The van der Waals surface area contributed by atoms with E-state index in [1.165, 1.54) is 5.56 Å². The summed E-state index contributed by atoms with van der Waals surface area (Å²) in [5, 5.41) is 4.25. The Labute approximate surface area is 137 Å². The highest BCUT2D eigenvalue weighted by atomic mass is 32.1. The van der Waals surface area contributed by atoms with E-state index in [1.807, 2.05) is 27.7 Å². The molecule has 22 heavy (non-hydrogen) atoms. The standard InChI is InChI=1S/C16H27N3O2S/c1-12(17)14(13-5-10-22-11-13)18-6-8-19(9-7-18)15(20)21-16(2,3)4/h5,10-12,14H,6-9,17H2,1-4H3. The molecule has 1 aliphatic heterocycles. The van der Waals surface area contributed by atoms with Crippen molar-refractivity contribution in [2.24, 2.45) is 5.73 Å². The van der Waals surface area contributed by atoms with Crippen molar-refractivity contribution in [1.82, 2.24) is 9.80 Å². The summed E-state index contributed by atoms with van der Waals surface area (Å²) in [6.07, 6.45) is -0.222. The number of ether oxygens (including phenoxy) is 1. The van der Waals surface area contributed by atoms with Gasteiger partial charge in [0.05, 0.1) is 6.04 Å². The number of carbonyl (C=O) groups is 1. The van der Waals surface area contributed by atoms with Crippen LogP contribution in [0, 0.1) is 0 Å². The summed E-state index contributed by atoms with van der Waals surface area (Å²) < 4.78 is 5.44. The average Bonchev–Trinajstić information content (AvgIpc) is 2.91. The molecule has 2 unspecified atom stereocenters. The summed E-state index contributed by atoms with van der Waals surface area (Å²) in [7, 11) is 0. The maximum absolute atomic E-state index is 12.1. The van der Waals surface area contributed by atoms with E-state index in [2.05, 4.69) is 21.7 Å². The molecule has 0 radical (unpaired) electrons. The molecule has 6 heteroatoms. The number of hydrogen-bond acceptors (Lipinski definition) is 5. The highest BCUT2D eigenvalue weighted by Crippen LogP contribution is 2.26. The van der Waals surface area contributed by atoms with E-state index in [0.29, 0.717) is 13.1 Å². The molecule has 1 aromatic heterocycles. The van der Waals surface area contributed by atoms with Crippen LogP contribution in [-0.2, 0) is 4.74 Å². The van der Waals surface area contributed by atoms with E-state index in [4.69, 9.17) is 10.5 Å². The van der Waals surface area contributed by atoms with Crippen LogP contribution in [0.15, 0.2) is 16.8 Å². The third kappa shape index (κ3) is 4.44. The third-order valence-electron chi connectivity index (χ3n) is 3.74. The van der Waals surface area contributed by atoms with Gasteiger partial charge in [-0.2, -0.15) is 11.3 Å². The van der Waals surface area contributed by atoms with Gasteiger partial charge in [0.25, 0.3) is 0 Å². The molecule has 5 nitrogen and oxygen atoms in total. The molecule has 1 aromatic rings. The van der Waals surface area contributed by atoms with E-state index in [9.17, 15) is 4.79 Å². The minimum Gasteiger partial charge on any atom is -0.444 e. The second-order valence-corrected chi connectivity index (χ2v) is 7.64. The van der Waals surface area contributed by atoms with Crippen molar-refractivity contribution in [1.29, 1.82) is 0 Å². The van der Waals surface area contributed by atoms with E-state index < -0.39 is 5.60 Å². The Morgan fingerprint density at radius 3 is 2.41 bits per heavy atom. The summed E-state index contributed by atoms with van der Waals surface area (Å²) in [5.41, 5.74) is 7.02. The molecule has 2 N–H and O–H groups in total. The molecule has 124 valence electrons. The second kappa shape index (κ2) is 6.98. The van der Waals surface area contributed by atoms with E-state index in [-0.39, 0.29) is 18.2 Å². The number of amides is 1. The summed E-state index contributed by atoms with van der Waals surface area (Å²) in [5.74, 6) is 0. The summed E-state index contributed by atoms with van der Waals surface area (Å²) in [6, 6.07) is 2.41. The Hall–Kier alpha value is -1.11. The highest BCUT2D eigenvalue weighted by Gasteiger charge is 2.31. The van der Waals surface area contributed by atoms with Gasteiger partial charge in [0, 0.05) is 32.2 Å². The molecular weight excluding hydrogens is 298 g/mol. The lowest BCUT2D eigenvalue weighted by Crippen LogP contribution is -2.53. The molecule has 2 atom stereocenters. The van der Waals surface area contributed by atoms with Gasteiger partial charge >= 0.3 is 6.09 Å². The van der Waals surface area contributed by atoms with Crippen molar-refractivity contribution in [2.45, 2.75) is 45.4 Å². The van der Waals surface area contributed by atoms with Crippen LogP contribution in [0.3, 0.4) is 0 Å². The molecular formula is C16H27N3O2S. The first-order valence-corrected chi connectivity index (χ1v) is 8.72. The van der Waals surface area contributed by atoms with E-state index in [0.717, 1.165) is 13.1 Å². The predicted octanol–water partition coefficient (Wildman–Crippen LogP) is 2.69. The van der Waals surface area contributed by atoms with Gasteiger partial charge in [-0.05, 0) is 50.1 Å². The lowest BCUT2D eigenvalue weighted by Gasteiger charge is -2.40. The average molecular weight is 325 g/mol. The summed E-state index contributed by atoms with van der Waals surface area (Å²) in [6.45, 7) is 10.7. The van der Waals surface area contributed by atoms with Crippen LogP contribution >= 0.6 is 11.3 Å². The first kappa shape index (κ1) is 17.2. The molecule has 1 amide bonds. The number of nitrogens with two attached hydrogens (primary N) is 1. The maximum Gasteiger partial charge on any atom is 0.410 e. The minimum absolute atomic E-state index is 0.0580. The fourth-order valence-corrected chi connectivity index (χ4v) is 3.49. The van der Waals surface area contributed by atoms with Crippen molar-refractivity contribution in [3.05, 3.63) is 22.4 Å². The van der Waals surface area contributed by atoms with E-state index >= 15 is 0 Å². The smallest absolute Gasteiger partial charge is 0.410 e. The maximum atomic E-state index is 12.1. The number of rotatable bonds is 3. The molecule has 1 fully saturated rings. The SMILES string of the molecule is CC(N)C(c1ccsc1)N1CCN(C(=O)OC(C)(C)C)CC1. The zero-order chi connectivity index (χ0) is 16.3. The number of carbonyl (C=O) groups excluding carboxylic acids is 1. The Bertz CT molecular complexity index is 474. The fourth-order valence-electron chi connectivity index (χ4n) is 2.80. The van der Waals surface area contributed by atoms with Gasteiger partial charge in [0.1, 0.15) is 5.60 Å². The molecule has 0 saturated carbocycles. The monoisotopic (exact) mass is 325 g/mol. The van der Waals surface area contributed by atoms with Gasteiger partial charge in [-0.25, -0.2) is 4.79 Å². The molecule has 0 aliphatic carbocycles. The first-order valence-electron chi connectivity index (χ1n) is 7.77.